The van der Waals surface area contributed by atoms with Crippen molar-refractivity contribution in [3.63, 3.8) is 0 Å². The topological polar surface area (TPSA) is 55.4 Å². The Hall–Kier alpha value is 0.411. The first-order valence-electron chi connectivity index (χ1n) is 9.14. The summed E-state index contributed by atoms with van der Waals surface area (Å²) in [5, 5.41) is 0. The zero-order valence-electron chi connectivity index (χ0n) is 16.3. The smallest absolute Gasteiger partial charge is 0.319 e. The third kappa shape index (κ3) is 7.75. The summed E-state index contributed by atoms with van der Waals surface area (Å²) >= 11 is 0. The zero-order valence-corrected chi connectivity index (χ0v) is 19.3. The van der Waals surface area contributed by atoms with Gasteiger partial charge in [-0.2, -0.15) is 0 Å². The Kier molecular flexibility index (Phi) is 9.85. The Morgan fingerprint density at radius 2 is 0.792 bits per heavy atom. The second kappa shape index (κ2) is 10.5. The Labute approximate surface area is 150 Å². The van der Waals surface area contributed by atoms with Gasteiger partial charge in [-0.3, -0.25) is 0 Å². The predicted molar refractivity (Wildman–Crippen MR) is 102 cm³/mol. The molecule has 1 fully saturated rings. The summed E-state index contributed by atoms with van der Waals surface area (Å²) in [5.74, 6) is 0. The molecule has 0 aromatic carbocycles. The maximum absolute atomic E-state index is 6.52. The van der Waals surface area contributed by atoms with E-state index in [0.29, 0.717) is 19.8 Å². The van der Waals surface area contributed by atoms with E-state index in [1.54, 1.807) is 0 Å². The maximum Gasteiger partial charge on any atom is 0.319 e. The van der Waals surface area contributed by atoms with E-state index in [0.717, 1.165) is 38.0 Å². The van der Waals surface area contributed by atoms with Crippen LogP contribution in [0.4, 0.5) is 0 Å². The van der Waals surface area contributed by atoms with Gasteiger partial charge in [-0.05, 0) is 40.4 Å². The van der Waals surface area contributed by atoms with E-state index in [-0.39, 0.29) is 0 Å². The number of ether oxygens (including phenoxy) is 3. The molecule has 0 aromatic rings. The van der Waals surface area contributed by atoms with Crippen LogP contribution in [0.1, 0.15) is 20.8 Å². The van der Waals surface area contributed by atoms with Gasteiger partial charge >= 0.3 is 25.7 Å². The third-order valence-electron chi connectivity index (χ3n) is 4.01. The molecule has 0 atom stereocenters. The van der Waals surface area contributed by atoms with Gasteiger partial charge in [0.25, 0.3) is 0 Å². The highest BCUT2D eigenvalue weighted by Gasteiger charge is 2.56. The van der Waals surface area contributed by atoms with Crippen LogP contribution in [0.5, 0.6) is 0 Å². The number of hydrogen-bond acceptors (Lipinski definition) is 6. The number of hydrogen-bond donors (Lipinski definition) is 0. The first-order chi connectivity index (χ1) is 11.3. The maximum atomic E-state index is 6.52. The lowest BCUT2D eigenvalue weighted by Gasteiger charge is -2.50. The average molecular weight is 397 g/mol. The Balaban J connectivity index is 2.80. The van der Waals surface area contributed by atoms with Gasteiger partial charge in [0, 0.05) is 57.8 Å². The van der Waals surface area contributed by atoms with Gasteiger partial charge in [-0.1, -0.05) is 0 Å². The Morgan fingerprint density at radius 1 is 0.542 bits per heavy atom. The molecule has 1 aliphatic rings. The molecule has 0 amide bonds. The lowest BCUT2D eigenvalue weighted by molar-refractivity contribution is 0.132. The molecular weight excluding hydrogens is 360 g/mol. The summed E-state index contributed by atoms with van der Waals surface area (Å²) in [6.07, 6.45) is 0. The average Bonchev–Trinajstić information content (AvgIpc) is 2.46. The van der Waals surface area contributed by atoms with Crippen molar-refractivity contribution in [2.45, 2.75) is 58.5 Å². The van der Waals surface area contributed by atoms with Crippen LogP contribution in [0.3, 0.4) is 0 Å². The highest BCUT2D eigenvalue weighted by Crippen LogP contribution is 2.36. The second-order valence-corrected chi connectivity index (χ2v) is 17.3. The molecule has 0 saturated carbocycles. The summed E-state index contributed by atoms with van der Waals surface area (Å²) in [4.78, 5) is 0. The van der Waals surface area contributed by atoms with Gasteiger partial charge in [0.2, 0.25) is 0 Å². The molecule has 6 nitrogen and oxygen atoms in total. The summed E-state index contributed by atoms with van der Waals surface area (Å²) in [6, 6.07) is 2.54. The molecule has 9 heteroatoms. The quantitative estimate of drug-likeness (QED) is 0.372. The highest BCUT2D eigenvalue weighted by molar-refractivity contribution is 6.93. The van der Waals surface area contributed by atoms with Gasteiger partial charge in [0.1, 0.15) is 0 Å². The van der Waals surface area contributed by atoms with Crippen molar-refractivity contribution in [1.29, 1.82) is 0 Å². The van der Waals surface area contributed by atoms with E-state index in [1.165, 1.54) is 0 Å². The van der Waals surface area contributed by atoms with Crippen molar-refractivity contribution >= 4 is 25.7 Å². The van der Waals surface area contributed by atoms with Gasteiger partial charge in [0.05, 0.1) is 0 Å². The van der Waals surface area contributed by atoms with Crippen molar-refractivity contribution in [3.8, 4) is 0 Å². The van der Waals surface area contributed by atoms with E-state index >= 15 is 0 Å². The van der Waals surface area contributed by atoms with Crippen LogP contribution in [0.2, 0.25) is 37.8 Å². The second-order valence-electron chi connectivity index (χ2n) is 6.55. The van der Waals surface area contributed by atoms with E-state index in [4.69, 9.17) is 26.6 Å². The minimum atomic E-state index is -2.30. The highest BCUT2D eigenvalue weighted by atomic mass is 28.5. The molecule has 0 N–H and O–H groups in total. The lowest BCUT2D eigenvalue weighted by Crippen LogP contribution is -2.68. The third-order valence-corrected chi connectivity index (χ3v) is 17.7. The fourth-order valence-electron chi connectivity index (χ4n) is 2.94. The van der Waals surface area contributed by atoms with Crippen molar-refractivity contribution in [3.05, 3.63) is 0 Å². The van der Waals surface area contributed by atoms with Crippen LogP contribution < -0.4 is 0 Å². The van der Waals surface area contributed by atoms with Crippen LogP contribution in [0, 0.1) is 0 Å². The first kappa shape index (κ1) is 22.5. The fourth-order valence-corrected chi connectivity index (χ4v) is 19.5. The van der Waals surface area contributed by atoms with Crippen LogP contribution in [0.25, 0.3) is 0 Å². The molecule has 1 heterocycles. The van der Waals surface area contributed by atoms with Crippen molar-refractivity contribution < 1.29 is 26.6 Å². The SMILES string of the molecule is CCOCC[Si]1(C)O[Si](C)(CCOCC)O[Si](C)(CCOCC)O1. The van der Waals surface area contributed by atoms with E-state index < -0.39 is 25.7 Å². The Morgan fingerprint density at radius 3 is 1.00 bits per heavy atom. The van der Waals surface area contributed by atoms with E-state index in [2.05, 4.69) is 19.6 Å². The van der Waals surface area contributed by atoms with Gasteiger partial charge in [0.15, 0.2) is 0 Å². The Bertz CT molecular complexity index is 300. The molecule has 0 radical (unpaired) electrons. The van der Waals surface area contributed by atoms with Crippen LogP contribution in [-0.2, 0) is 26.6 Å². The van der Waals surface area contributed by atoms with Crippen molar-refractivity contribution in [2.24, 2.45) is 0 Å². The summed E-state index contributed by atoms with van der Waals surface area (Å²) < 4.78 is 36.2. The monoisotopic (exact) mass is 396 g/mol. The van der Waals surface area contributed by atoms with Crippen LogP contribution in [0.15, 0.2) is 0 Å². The summed E-state index contributed by atoms with van der Waals surface area (Å²) in [6.45, 7) is 16.7. The number of rotatable bonds is 12. The molecule has 0 bridgehead atoms. The minimum absolute atomic E-state index is 0.686. The van der Waals surface area contributed by atoms with Crippen molar-refractivity contribution in [2.75, 3.05) is 39.6 Å². The molecule has 0 spiro atoms. The van der Waals surface area contributed by atoms with E-state index in [9.17, 15) is 0 Å². The molecule has 0 aliphatic carbocycles. The normalized spacial score (nSPS) is 33.8. The molecule has 1 rings (SSSR count). The van der Waals surface area contributed by atoms with Crippen LogP contribution in [-0.4, -0.2) is 65.3 Å². The standard InChI is InChI=1S/C15H36O6Si3/c1-7-16-10-13-22(4)19-23(5,14-11-17-8-2)21-24(6,20-22)15-12-18-9-3/h7-15H2,1-6H3. The van der Waals surface area contributed by atoms with Gasteiger partial charge in [-0.15, -0.1) is 0 Å². The predicted octanol–water partition coefficient (Wildman–Crippen LogP) is 3.38. The molecular formula is C15H36O6Si3. The van der Waals surface area contributed by atoms with Gasteiger partial charge in [-0.25, -0.2) is 0 Å². The van der Waals surface area contributed by atoms with Crippen molar-refractivity contribution in [1.82, 2.24) is 0 Å². The molecule has 0 unspecified atom stereocenters. The molecule has 1 saturated heterocycles. The van der Waals surface area contributed by atoms with Gasteiger partial charge < -0.3 is 26.6 Å². The summed E-state index contributed by atoms with van der Waals surface area (Å²) in [7, 11) is -6.91. The zero-order chi connectivity index (χ0) is 18.1. The lowest BCUT2D eigenvalue weighted by atomic mass is 10.8. The largest absolute Gasteiger partial charge is 0.415 e. The van der Waals surface area contributed by atoms with Crippen LogP contribution >= 0.6 is 0 Å². The van der Waals surface area contributed by atoms with E-state index in [1.807, 2.05) is 20.8 Å². The fraction of sp³-hybridized carbons (Fsp3) is 1.00. The molecule has 1 aliphatic heterocycles. The molecule has 144 valence electrons. The first-order valence-corrected chi connectivity index (χ1v) is 16.7. The molecule has 0 aromatic heterocycles. The summed E-state index contributed by atoms with van der Waals surface area (Å²) in [5.41, 5.74) is 0. The molecule has 24 heavy (non-hydrogen) atoms. The minimum Gasteiger partial charge on any atom is -0.415 e.